The molecule has 1 aliphatic heterocycles. The first-order valence-electron chi connectivity index (χ1n) is 6.63. The molecule has 1 unspecified atom stereocenters. The SMILES string of the molecule is Cn1nnc(CC(O)c2cc(Br)c3c(c2)OCCCO3)n1. The number of tetrazole rings is 1. The second-order valence-electron chi connectivity index (χ2n) is 4.80. The predicted octanol–water partition coefficient (Wildman–Crippen LogP) is 1.41. The third kappa shape index (κ3) is 3.16. The molecule has 8 heteroatoms. The Kier molecular flexibility index (Phi) is 4.07. The van der Waals surface area contributed by atoms with Gasteiger partial charge < -0.3 is 14.6 Å². The van der Waals surface area contributed by atoms with Crippen LogP contribution < -0.4 is 9.47 Å². The maximum absolute atomic E-state index is 10.3. The molecule has 1 N–H and O–H groups in total. The van der Waals surface area contributed by atoms with Crippen molar-refractivity contribution in [2.75, 3.05) is 13.2 Å². The summed E-state index contributed by atoms with van der Waals surface area (Å²) in [5, 5.41) is 22.0. The third-order valence-corrected chi connectivity index (χ3v) is 3.72. The number of benzene rings is 1. The Labute approximate surface area is 130 Å². The molecular weight excluding hydrogens is 340 g/mol. The highest BCUT2D eigenvalue weighted by molar-refractivity contribution is 9.10. The molecule has 0 amide bonds. The standard InChI is InChI=1S/C13H15BrN4O3/c1-18-16-12(15-17-18)7-10(19)8-5-9(14)13-11(6-8)20-3-2-4-21-13/h5-6,10,19H,2-4,7H2,1H3. The van der Waals surface area contributed by atoms with Crippen LogP contribution in [0, 0.1) is 0 Å². The Morgan fingerprint density at radius 1 is 1.38 bits per heavy atom. The highest BCUT2D eigenvalue weighted by Crippen LogP contribution is 2.39. The largest absolute Gasteiger partial charge is 0.490 e. The summed E-state index contributed by atoms with van der Waals surface area (Å²) in [5.41, 5.74) is 0.721. The molecule has 0 saturated carbocycles. The molecule has 1 aliphatic rings. The number of aromatic nitrogens is 4. The first-order valence-corrected chi connectivity index (χ1v) is 7.43. The quantitative estimate of drug-likeness (QED) is 0.897. The molecule has 0 fully saturated rings. The van der Waals surface area contributed by atoms with Gasteiger partial charge >= 0.3 is 0 Å². The number of hydrogen-bond acceptors (Lipinski definition) is 6. The molecule has 7 nitrogen and oxygen atoms in total. The number of hydrogen-bond donors (Lipinski definition) is 1. The summed E-state index contributed by atoms with van der Waals surface area (Å²) in [7, 11) is 1.69. The highest BCUT2D eigenvalue weighted by atomic mass is 79.9. The Hall–Kier alpha value is -1.67. The third-order valence-electron chi connectivity index (χ3n) is 3.13. The van der Waals surface area contributed by atoms with Gasteiger partial charge in [-0.15, -0.1) is 10.2 Å². The van der Waals surface area contributed by atoms with Crippen LogP contribution in [-0.2, 0) is 13.5 Å². The van der Waals surface area contributed by atoms with Crippen LogP contribution in [0.2, 0.25) is 0 Å². The zero-order chi connectivity index (χ0) is 14.8. The lowest BCUT2D eigenvalue weighted by Crippen LogP contribution is -2.05. The Morgan fingerprint density at radius 2 is 2.19 bits per heavy atom. The van der Waals surface area contributed by atoms with Crippen LogP contribution >= 0.6 is 15.9 Å². The van der Waals surface area contributed by atoms with E-state index in [-0.39, 0.29) is 0 Å². The van der Waals surface area contributed by atoms with Crippen molar-refractivity contribution in [1.82, 2.24) is 20.2 Å². The lowest BCUT2D eigenvalue weighted by atomic mass is 10.1. The average Bonchev–Trinajstić information content (AvgIpc) is 2.72. The van der Waals surface area contributed by atoms with Crippen LogP contribution in [0.1, 0.15) is 23.9 Å². The lowest BCUT2D eigenvalue weighted by molar-refractivity contribution is 0.175. The zero-order valence-corrected chi connectivity index (χ0v) is 13.1. The number of nitrogens with zero attached hydrogens (tertiary/aromatic N) is 4. The van der Waals surface area contributed by atoms with Gasteiger partial charge in [-0.05, 0) is 38.8 Å². The second kappa shape index (κ2) is 5.98. The Balaban J connectivity index is 1.84. The maximum atomic E-state index is 10.3. The number of aliphatic hydroxyl groups is 1. The van der Waals surface area contributed by atoms with Crippen LogP contribution in [0.4, 0.5) is 0 Å². The van der Waals surface area contributed by atoms with E-state index >= 15 is 0 Å². The molecule has 112 valence electrons. The first kappa shape index (κ1) is 14.3. The van der Waals surface area contributed by atoms with Gasteiger partial charge in [-0.2, -0.15) is 4.80 Å². The van der Waals surface area contributed by atoms with Gasteiger partial charge in [0.05, 0.1) is 30.8 Å². The number of rotatable bonds is 3. The summed E-state index contributed by atoms with van der Waals surface area (Å²) in [5.74, 6) is 1.82. The number of aliphatic hydroxyl groups excluding tert-OH is 1. The Bertz CT molecular complexity index is 646. The molecule has 2 aromatic rings. The summed E-state index contributed by atoms with van der Waals surface area (Å²) >= 11 is 3.46. The summed E-state index contributed by atoms with van der Waals surface area (Å²) in [6.07, 6.45) is 0.394. The molecule has 21 heavy (non-hydrogen) atoms. The molecular formula is C13H15BrN4O3. The van der Waals surface area contributed by atoms with E-state index in [0.29, 0.717) is 37.0 Å². The van der Waals surface area contributed by atoms with Gasteiger partial charge in [0.2, 0.25) is 0 Å². The molecule has 1 aromatic carbocycles. The monoisotopic (exact) mass is 354 g/mol. The summed E-state index contributed by atoms with van der Waals surface area (Å²) in [6, 6.07) is 3.63. The fraction of sp³-hybridized carbons (Fsp3) is 0.462. The van der Waals surface area contributed by atoms with Crippen LogP contribution in [0.15, 0.2) is 16.6 Å². The maximum Gasteiger partial charge on any atom is 0.177 e. The fourth-order valence-corrected chi connectivity index (χ4v) is 2.71. The van der Waals surface area contributed by atoms with Crippen LogP contribution in [0.25, 0.3) is 0 Å². The summed E-state index contributed by atoms with van der Waals surface area (Å²) in [4.78, 5) is 1.37. The van der Waals surface area contributed by atoms with Crippen LogP contribution in [0.3, 0.4) is 0 Å². The number of ether oxygens (including phenoxy) is 2. The molecule has 2 heterocycles. The van der Waals surface area contributed by atoms with Gasteiger partial charge in [0.25, 0.3) is 0 Å². The zero-order valence-electron chi connectivity index (χ0n) is 11.5. The second-order valence-corrected chi connectivity index (χ2v) is 5.65. The van der Waals surface area contributed by atoms with Crippen molar-refractivity contribution in [2.24, 2.45) is 7.05 Å². The van der Waals surface area contributed by atoms with Crippen molar-refractivity contribution in [1.29, 1.82) is 0 Å². The minimum atomic E-state index is -0.734. The molecule has 1 atom stereocenters. The molecule has 0 saturated heterocycles. The lowest BCUT2D eigenvalue weighted by Gasteiger charge is -2.14. The van der Waals surface area contributed by atoms with E-state index in [2.05, 4.69) is 31.3 Å². The van der Waals surface area contributed by atoms with E-state index in [0.717, 1.165) is 16.5 Å². The van der Waals surface area contributed by atoms with Crippen LogP contribution in [0.5, 0.6) is 11.5 Å². The van der Waals surface area contributed by atoms with Gasteiger partial charge in [-0.25, -0.2) is 0 Å². The molecule has 0 aliphatic carbocycles. The van der Waals surface area contributed by atoms with Crippen molar-refractivity contribution in [3.05, 3.63) is 28.0 Å². The van der Waals surface area contributed by atoms with Gasteiger partial charge in [-0.1, -0.05) is 0 Å². The number of halogens is 1. The van der Waals surface area contributed by atoms with Crippen molar-refractivity contribution >= 4 is 15.9 Å². The minimum Gasteiger partial charge on any atom is -0.490 e. The summed E-state index contributed by atoms with van der Waals surface area (Å²) < 4.78 is 12.1. The van der Waals surface area contributed by atoms with Gasteiger partial charge in [0.15, 0.2) is 17.3 Å². The minimum absolute atomic E-state index is 0.292. The van der Waals surface area contributed by atoms with Crippen molar-refractivity contribution in [2.45, 2.75) is 18.9 Å². The van der Waals surface area contributed by atoms with E-state index in [9.17, 15) is 5.11 Å². The topological polar surface area (TPSA) is 82.3 Å². The summed E-state index contributed by atoms with van der Waals surface area (Å²) in [6.45, 7) is 1.22. The van der Waals surface area contributed by atoms with E-state index in [4.69, 9.17) is 9.47 Å². The van der Waals surface area contributed by atoms with E-state index in [1.807, 2.05) is 6.07 Å². The van der Waals surface area contributed by atoms with Crippen molar-refractivity contribution in [3.8, 4) is 11.5 Å². The molecule has 0 radical (unpaired) electrons. The molecule has 0 bridgehead atoms. The van der Waals surface area contributed by atoms with Gasteiger partial charge in [0, 0.05) is 12.8 Å². The number of aryl methyl sites for hydroxylation is 1. The van der Waals surface area contributed by atoms with Gasteiger partial charge in [0.1, 0.15) is 0 Å². The molecule has 3 rings (SSSR count). The molecule has 0 spiro atoms. The van der Waals surface area contributed by atoms with Gasteiger partial charge in [-0.3, -0.25) is 0 Å². The fourth-order valence-electron chi connectivity index (χ4n) is 2.14. The van der Waals surface area contributed by atoms with E-state index in [1.165, 1.54) is 4.80 Å². The molecule has 1 aromatic heterocycles. The highest BCUT2D eigenvalue weighted by Gasteiger charge is 2.19. The normalized spacial score (nSPS) is 15.6. The van der Waals surface area contributed by atoms with E-state index in [1.54, 1.807) is 13.1 Å². The van der Waals surface area contributed by atoms with E-state index < -0.39 is 6.10 Å². The predicted molar refractivity (Wildman–Crippen MR) is 77.2 cm³/mol. The average molecular weight is 355 g/mol. The first-order chi connectivity index (χ1) is 10.1. The smallest absolute Gasteiger partial charge is 0.177 e. The van der Waals surface area contributed by atoms with Crippen LogP contribution in [-0.4, -0.2) is 38.5 Å². The number of fused-ring (bicyclic) bond motifs is 1. The Morgan fingerprint density at radius 3 is 2.95 bits per heavy atom. The van der Waals surface area contributed by atoms with Crippen molar-refractivity contribution < 1.29 is 14.6 Å². The van der Waals surface area contributed by atoms with Crippen molar-refractivity contribution in [3.63, 3.8) is 0 Å².